The number of halogens is 1. The van der Waals surface area contributed by atoms with Crippen molar-refractivity contribution in [2.45, 2.75) is 12.5 Å². The molecule has 0 radical (unpaired) electrons. The molecule has 84 valence electrons. The maximum atomic E-state index is 5.80. The molecule has 0 fully saturated rings. The summed E-state index contributed by atoms with van der Waals surface area (Å²) < 4.78 is 5.92. The minimum atomic E-state index is 0.0862. The summed E-state index contributed by atoms with van der Waals surface area (Å²) in [5.41, 5.74) is 6.83. The third-order valence-corrected chi connectivity index (χ3v) is 2.62. The number of rotatable bonds is 6. The van der Waals surface area contributed by atoms with Crippen LogP contribution in [0, 0.1) is 0 Å². The van der Waals surface area contributed by atoms with Gasteiger partial charge in [0.2, 0.25) is 0 Å². The lowest BCUT2D eigenvalue weighted by Gasteiger charge is -2.12. The lowest BCUT2D eigenvalue weighted by molar-refractivity contribution is 0.178. The second-order valence-corrected chi connectivity index (χ2v) is 4.14. The molecule has 0 amide bonds. The number of hydrogen-bond acceptors (Lipinski definition) is 4. The molecule has 0 aliphatic rings. The summed E-state index contributed by atoms with van der Waals surface area (Å²) in [6.45, 7) is 1.42. The van der Waals surface area contributed by atoms with Gasteiger partial charge in [-0.3, -0.25) is 4.98 Å². The largest absolute Gasteiger partial charge is 0.384 e. The molecule has 0 saturated carbocycles. The fourth-order valence-corrected chi connectivity index (χ4v) is 1.60. The molecule has 0 aromatic carbocycles. The van der Waals surface area contributed by atoms with Crippen LogP contribution < -0.4 is 11.1 Å². The SMILES string of the molecule is COCC(N)CCNc1ccncc1Br. The van der Waals surface area contributed by atoms with Crippen LogP contribution in [0.5, 0.6) is 0 Å². The number of hydrogen-bond donors (Lipinski definition) is 2. The summed E-state index contributed by atoms with van der Waals surface area (Å²) >= 11 is 3.41. The van der Waals surface area contributed by atoms with Gasteiger partial charge in [-0.15, -0.1) is 0 Å². The molecule has 0 saturated heterocycles. The first-order chi connectivity index (χ1) is 7.24. The van der Waals surface area contributed by atoms with Crippen molar-refractivity contribution in [2.24, 2.45) is 5.73 Å². The number of nitrogens with zero attached hydrogens (tertiary/aromatic N) is 1. The Morgan fingerprint density at radius 3 is 3.13 bits per heavy atom. The Morgan fingerprint density at radius 2 is 2.47 bits per heavy atom. The normalized spacial score (nSPS) is 12.5. The highest BCUT2D eigenvalue weighted by molar-refractivity contribution is 9.10. The molecular weight excluding hydrogens is 258 g/mol. The molecule has 0 spiro atoms. The van der Waals surface area contributed by atoms with Gasteiger partial charge in [-0.05, 0) is 28.4 Å². The van der Waals surface area contributed by atoms with Crippen LogP contribution in [0.25, 0.3) is 0 Å². The predicted molar refractivity (Wildman–Crippen MR) is 64.9 cm³/mol. The summed E-state index contributed by atoms with van der Waals surface area (Å²) in [5.74, 6) is 0. The number of pyridine rings is 1. The van der Waals surface area contributed by atoms with E-state index in [9.17, 15) is 0 Å². The topological polar surface area (TPSA) is 60.2 Å². The quantitative estimate of drug-likeness (QED) is 0.827. The highest BCUT2D eigenvalue weighted by Crippen LogP contribution is 2.19. The van der Waals surface area contributed by atoms with Gasteiger partial charge in [-0.2, -0.15) is 0 Å². The Kier molecular flexibility index (Phi) is 5.60. The number of nitrogens with two attached hydrogens (primary N) is 1. The highest BCUT2D eigenvalue weighted by atomic mass is 79.9. The molecule has 3 N–H and O–H groups in total. The fourth-order valence-electron chi connectivity index (χ4n) is 1.21. The summed E-state index contributed by atoms with van der Waals surface area (Å²) in [6, 6.07) is 2.01. The summed E-state index contributed by atoms with van der Waals surface area (Å²) in [4.78, 5) is 3.99. The smallest absolute Gasteiger partial charge is 0.0614 e. The van der Waals surface area contributed by atoms with E-state index in [0.717, 1.165) is 23.1 Å². The Hall–Kier alpha value is -0.650. The number of ether oxygens (including phenoxy) is 1. The van der Waals surface area contributed by atoms with E-state index in [1.165, 1.54) is 0 Å². The van der Waals surface area contributed by atoms with Crippen molar-refractivity contribution >= 4 is 21.6 Å². The molecule has 1 aromatic rings. The van der Waals surface area contributed by atoms with Crippen molar-refractivity contribution in [1.82, 2.24) is 4.98 Å². The molecule has 0 bridgehead atoms. The molecule has 0 aliphatic heterocycles. The van der Waals surface area contributed by atoms with Gasteiger partial charge in [0.05, 0.1) is 16.8 Å². The zero-order chi connectivity index (χ0) is 11.1. The second kappa shape index (κ2) is 6.76. The molecule has 1 atom stereocenters. The van der Waals surface area contributed by atoms with Gasteiger partial charge < -0.3 is 15.8 Å². The molecule has 4 nitrogen and oxygen atoms in total. The standard InChI is InChI=1S/C10H16BrN3O/c1-15-7-8(12)2-5-14-10-3-4-13-6-9(10)11/h3-4,6,8H,2,5,7,12H2,1H3,(H,13,14). The molecule has 1 unspecified atom stereocenters. The molecule has 1 heterocycles. The van der Waals surface area contributed by atoms with E-state index >= 15 is 0 Å². The van der Waals surface area contributed by atoms with Crippen LogP contribution in [0.15, 0.2) is 22.9 Å². The van der Waals surface area contributed by atoms with Crippen molar-refractivity contribution < 1.29 is 4.74 Å². The summed E-state index contributed by atoms with van der Waals surface area (Å²) in [6.07, 6.45) is 4.39. The Labute approximate surface area is 98.3 Å². The van der Waals surface area contributed by atoms with Crippen molar-refractivity contribution in [3.05, 3.63) is 22.9 Å². The average molecular weight is 274 g/mol. The van der Waals surface area contributed by atoms with Gasteiger partial charge in [0, 0.05) is 32.1 Å². The van der Waals surface area contributed by atoms with Crippen molar-refractivity contribution in [3.8, 4) is 0 Å². The highest BCUT2D eigenvalue weighted by Gasteiger charge is 2.02. The zero-order valence-electron chi connectivity index (χ0n) is 8.74. The Bertz CT molecular complexity index is 296. The van der Waals surface area contributed by atoms with Crippen LogP contribution in [0.3, 0.4) is 0 Å². The van der Waals surface area contributed by atoms with E-state index in [2.05, 4.69) is 26.2 Å². The third-order valence-electron chi connectivity index (χ3n) is 1.98. The van der Waals surface area contributed by atoms with Crippen molar-refractivity contribution in [3.63, 3.8) is 0 Å². The molecule has 5 heteroatoms. The first-order valence-corrected chi connectivity index (χ1v) is 5.61. The van der Waals surface area contributed by atoms with E-state index in [0.29, 0.717) is 6.61 Å². The average Bonchev–Trinajstić information content (AvgIpc) is 2.21. The molecule has 0 aliphatic carbocycles. The van der Waals surface area contributed by atoms with Crippen molar-refractivity contribution in [1.29, 1.82) is 0 Å². The van der Waals surface area contributed by atoms with Crippen LogP contribution in [-0.2, 0) is 4.74 Å². The predicted octanol–water partition coefficient (Wildman–Crippen LogP) is 1.62. The van der Waals surface area contributed by atoms with Crippen LogP contribution in [-0.4, -0.2) is 31.3 Å². The third kappa shape index (κ3) is 4.59. The van der Waals surface area contributed by atoms with Crippen molar-refractivity contribution in [2.75, 3.05) is 25.6 Å². The van der Waals surface area contributed by atoms with Gasteiger partial charge in [0.1, 0.15) is 0 Å². The number of nitrogens with one attached hydrogen (secondary N) is 1. The summed E-state index contributed by atoms with van der Waals surface area (Å²) in [7, 11) is 1.66. The second-order valence-electron chi connectivity index (χ2n) is 3.29. The van der Waals surface area contributed by atoms with E-state index < -0.39 is 0 Å². The zero-order valence-corrected chi connectivity index (χ0v) is 10.3. The maximum absolute atomic E-state index is 5.80. The minimum absolute atomic E-state index is 0.0862. The van der Waals surface area contributed by atoms with Gasteiger partial charge >= 0.3 is 0 Å². The van der Waals surface area contributed by atoms with E-state index in [1.54, 1.807) is 19.5 Å². The van der Waals surface area contributed by atoms with Crippen LogP contribution in [0.1, 0.15) is 6.42 Å². The first kappa shape index (κ1) is 12.4. The Morgan fingerprint density at radius 1 is 1.67 bits per heavy atom. The summed E-state index contributed by atoms with van der Waals surface area (Å²) in [5, 5.41) is 3.28. The lowest BCUT2D eigenvalue weighted by Crippen LogP contribution is -2.28. The molecular formula is C10H16BrN3O. The van der Waals surface area contributed by atoms with Gasteiger partial charge in [-0.1, -0.05) is 0 Å². The van der Waals surface area contributed by atoms with Gasteiger partial charge in [0.25, 0.3) is 0 Å². The Balaban J connectivity index is 2.29. The number of anilines is 1. The molecule has 15 heavy (non-hydrogen) atoms. The van der Waals surface area contributed by atoms with Crippen LogP contribution in [0.2, 0.25) is 0 Å². The number of aromatic nitrogens is 1. The van der Waals surface area contributed by atoms with Gasteiger partial charge in [-0.25, -0.2) is 0 Å². The monoisotopic (exact) mass is 273 g/mol. The van der Waals surface area contributed by atoms with E-state index in [-0.39, 0.29) is 6.04 Å². The van der Waals surface area contributed by atoms with Crippen LogP contribution >= 0.6 is 15.9 Å². The van der Waals surface area contributed by atoms with E-state index in [4.69, 9.17) is 10.5 Å². The minimum Gasteiger partial charge on any atom is -0.384 e. The maximum Gasteiger partial charge on any atom is 0.0614 e. The van der Waals surface area contributed by atoms with E-state index in [1.807, 2.05) is 6.07 Å². The first-order valence-electron chi connectivity index (χ1n) is 4.82. The van der Waals surface area contributed by atoms with Crippen LogP contribution in [0.4, 0.5) is 5.69 Å². The fraction of sp³-hybridized carbons (Fsp3) is 0.500. The van der Waals surface area contributed by atoms with Gasteiger partial charge in [0.15, 0.2) is 0 Å². The molecule has 1 rings (SSSR count). The lowest BCUT2D eigenvalue weighted by atomic mass is 10.2. The number of methoxy groups -OCH3 is 1. The molecule has 1 aromatic heterocycles.